The van der Waals surface area contributed by atoms with Crippen molar-refractivity contribution in [1.29, 1.82) is 0 Å². The van der Waals surface area contributed by atoms with Crippen molar-refractivity contribution in [3.8, 4) is 0 Å². The van der Waals surface area contributed by atoms with Crippen molar-refractivity contribution < 1.29 is 14.8 Å². The van der Waals surface area contributed by atoms with E-state index in [-0.39, 0.29) is 24.4 Å². The number of ether oxygens (including phenoxy) is 1. The zero-order valence-electron chi connectivity index (χ0n) is 11.1. The Labute approximate surface area is 111 Å². The zero-order valence-corrected chi connectivity index (χ0v) is 11.1. The molecule has 1 aliphatic heterocycles. The Morgan fingerprint density at radius 2 is 2.32 bits per heavy atom. The molecule has 6 nitrogen and oxygen atoms in total. The molecule has 19 heavy (non-hydrogen) atoms. The molecule has 104 valence electrons. The van der Waals surface area contributed by atoms with E-state index < -0.39 is 4.92 Å². The first kappa shape index (κ1) is 13.8. The fraction of sp³-hybridized carbons (Fsp3) is 0.538. The highest BCUT2D eigenvalue weighted by atomic mass is 16.6. The fourth-order valence-electron chi connectivity index (χ4n) is 2.52. The van der Waals surface area contributed by atoms with E-state index in [0.29, 0.717) is 5.56 Å². The normalized spacial score (nSPS) is 22.5. The van der Waals surface area contributed by atoms with Gasteiger partial charge in [0.2, 0.25) is 0 Å². The van der Waals surface area contributed by atoms with Crippen LogP contribution in [0.2, 0.25) is 0 Å². The zero-order chi connectivity index (χ0) is 14.0. The first-order valence-electron chi connectivity index (χ1n) is 6.27. The summed E-state index contributed by atoms with van der Waals surface area (Å²) in [4.78, 5) is 12.4. The molecule has 1 saturated heterocycles. The van der Waals surface area contributed by atoms with Crippen LogP contribution in [0.15, 0.2) is 18.2 Å². The molecule has 0 spiro atoms. The first-order chi connectivity index (χ1) is 9.04. The number of nitrogens with zero attached hydrogens (tertiary/aromatic N) is 2. The number of aliphatic hydroxyl groups is 1. The smallest absolute Gasteiger partial charge is 0.275 e. The van der Waals surface area contributed by atoms with Crippen LogP contribution in [-0.2, 0) is 11.3 Å². The molecule has 1 N–H and O–H groups in total. The van der Waals surface area contributed by atoms with Gasteiger partial charge >= 0.3 is 0 Å². The van der Waals surface area contributed by atoms with Crippen LogP contribution in [0.4, 0.5) is 11.4 Å². The number of nitro groups is 1. The van der Waals surface area contributed by atoms with Crippen LogP contribution in [0.1, 0.15) is 18.9 Å². The van der Waals surface area contributed by atoms with E-state index >= 15 is 0 Å². The van der Waals surface area contributed by atoms with Crippen LogP contribution in [0.25, 0.3) is 0 Å². The number of anilines is 1. The molecule has 6 heteroatoms. The van der Waals surface area contributed by atoms with Crippen LogP contribution >= 0.6 is 0 Å². The van der Waals surface area contributed by atoms with Gasteiger partial charge in [-0.15, -0.1) is 0 Å². The lowest BCUT2D eigenvalue weighted by Gasteiger charge is -2.29. The summed E-state index contributed by atoms with van der Waals surface area (Å²) in [6, 6.07) is 5.08. The molecular formula is C13H18N2O4. The molecule has 1 heterocycles. The maximum atomic E-state index is 10.8. The molecule has 1 aromatic rings. The van der Waals surface area contributed by atoms with Crippen molar-refractivity contribution in [3.05, 3.63) is 33.9 Å². The van der Waals surface area contributed by atoms with Crippen LogP contribution in [0.3, 0.4) is 0 Å². The summed E-state index contributed by atoms with van der Waals surface area (Å²) in [6.45, 7) is 2.41. The second-order valence-corrected chi connectivity index (χ2v) is 4.77. The second kappa shape index (κ2) is 5.54. The van der Waals surface area contributed by atoms with Gasteiger partial charge in [-0.25, -0.2) is 0 Å². The number of rotatable bonds is 4. The van der Waals surface area contributed by atoms with Gasteiger partial charge in [0, 0.05) is 25.4 Å². The second-order valence-electron chi connectivity index (χ2n) is 4.77. The van der Waals surface area contributed by atoms with Crippen LogP contribution in [0, 0.1) is 10.1 Å². The summed E-state index contributed by atoms with van der Waals surface area (Å²) in [5.41, 5.74) is 1.15. The molecule has 1 aliphatic rings. The maximum Gasteiger partial charge on any atom is 0.275 e. The summed E-state index contributed by atoms with van der Waals surface area (Å²) in [7, 11) is 1.94. The molecule has 0 bridgehead atoms. The van der Waals surface area contributed by atoms with Gasteiger partial charge in [0.1, 0.15) is 0 Å². The predicted octanol–water partition coefficient (Wildman–Crippen LogP) is 1.70. The van der Waals surface area contributed by atoms with E-state index in [0.717, 1.165) is 18.7 Å². The van der Waals surface area contributed by atoms with Crippen molar-refractivity contribution in [2.45, 2.75) is 32.1 Å². The van der Waals surface area contributed by atoms with Gasteiger partial charge in [-0.1, -0.05) is 0 Å². The van der Waals surface area contributed by atoms with E-state index in [1.807, 2.05) is 14.0 Å². The van der Waals surface area contributed by atoms with Gasteiger partial charge < -0.3 is 14.7 Å². The fourth-order valence-corrected chi connectivity index (χ4v) is 2.52. The van der Waals surface area contributed by atoms with E-state index in [2.05, 4.69) is 4.90 Å². The number of aliphatic hydroxyl groups excluding tert-OH is 1. The third kappa shape index (κ3) is 2.69. The van der Waals surface area contributed by atoms with Crippen LogP contribution in [-0.4, -0.2) is 35.8 Å². The van der Waals surface area contributed by atoms with Crippen molar-refractivity contribution in [2.24, 2.45) is 0 Å². The molecule has 0 aromatic heterocycles. The van der Waals surface area contributed by atoms with E-state index in [4.69, 9.17) is 4.74 Å². The minimum Gasteiger partial charge on any atom is -0.391 e. The summed E-state index contributed by atoms with van der Waals surface area (Å²) in [5, 5.41) is 20.1. The van der Waals surface area contributed by atoms with Gasteiger partial charge in [0.25, 0.3) is 5.69 Å². The number of nitro benzene ring substituents is 1. The molecule has 0 aliphatic carbocycles. The average molecular weight is 266 g/mol. The Hall–Kier alpha value is -1.66. The van der Waals surface area contributed by atoms with E-state index in [1.165, 1.54) is 6.07 Å². The molecule has 0 saturated carbocycles. The molecule has 1 fully saturated rings. The summed E-state index contributed by atoms with van der Waals surface area (Å²) in [6.07, 6.45) is 1.07. The third-order valence-corrected chi connectivity index (χ3v) is 3.67. The highest BCUT2D eigenvalue weighted by molar-refractivity contribution is 5.56. The summed E-state index contributed by atoms with van der Waals surface area (Å²) >= 11 is 0. The number of hydrogen-bond acceptors (Lipinski definition) is 5. The summed E-state index contributed by atoms with van der Waals surface area (Å²) < 4.78 is 5.53. The number of benzene rings is 1. The van der Waals surface area contributed by atoms with E-state index in [9.17, 15) is 15.2 Å². The van der Waals surface area contributed by atoms with Crippen molar-refractivity contribution in [2.75, 3.05) is 18.6 Å². The minimum absolute atomic E-state index is 0.0460. The average Bonchev–Trinajstić information content (AvgIpc) is 2.83. The van der Waals surface area contributed by atoms with Gasteiger partial charge in [-0.3, -0.25) is 10.1 Å². The van der Waals surface area contributed by atoms with Gasteiger partial charge in [-0.05, 0) is 25.5 Å². The Bertz CT molecular complexity index is 478. The standard InChI is InChI=1S/C13H18N2O4/c1-9-12(5-6-19-9)14(2)11-3-4-13(15(17)18)10(7-11)8-16/h3-4,7,9,12,16H,5-6,8H2,1-2H3. The van der Waals surface area contributed by atoms with Crippen molar-refractivity contribution in [3.63, 3.8) is 0 Å². The number of likely N-dealkylation sites (N-methyl/N-ethyl adjacent to an activating group) is 1. The quantitative estimate of drug-likeness (QED) is 0.663. The van der Waals surface area contributed by atoms with Crippen LogP contribution in [0.5, 0.6) is 0 Å². The molecule has 0 radical (unpaired) electrons. The highest BCUT2D eigenvalue weighted by Gasteiger charge is 2.28. The SMILES string of the molecule is CC1OCCC1N(C)c1ccc([N+](=O)[O-])c(CO)c1. The highest BCUT2D eigenvalue weighted by Crippen LogP contribution is 2.28. The van der Waals surface area contributed by atoms with Crippen LogP contribution < -0.4 is 4.90 Å². The Kier molecular flexibility index (Phi) is 4.01. The molecule has 2 atom stereocenters. The predicted molar refractivity (Wildman–Crippen MR) is 71.2 cm³/mol. The summed E-state index contributed by atoms with van der Waals surface area (Å²) in [5.74, 6) is 0. The number of hydrogen-bond donors (Lipinski definition) is 1. The van der Waals surface area contributed by atoms with E-state index in [1.54, 1.807) is 12.1 Å². The van der Waals surface area contributed by atoms with Gasteiger partial charge in [0.05, 0.1) is 29.2 Å². The van der Waals surface area contributed by atoms with Gasteiger partial charge in [0.15, 0.2) is 0 Å². The Morgan fingerprint density at radius 3 is 2.84 bits per heavy atom. The largest absolute Gasteiger partial charge is 0.391 e. The van der Waals surface area contributed by atoms with Crippen molar-refractivity contribution >= 4 is 11.4 Å². The maximum absolute atomic E-state index is 10.8. The monoisotopic (exact) mass is 266 g/mol. The Balaban J connectivity index is 2.27. The lowest BCUT2D eigenvalue weighted by Crippen LogP contribution is -2.36. The topological polar surface area (TPSA) is 75.8 Å². The molecule has 0 amide bonds. The minimum atomic E-state index is -0.476. The van der Waals surface area contributed by atoms with Gasteiger partial charge in [-0.2, -0.15) is 0 Å². The molecular weight excluding hydrogens is 248 g/mol. The molecule has 2 rings (SSSR count). The lowest BCUT2D eigenvalue weighted by atomic mass is 10.1. The molecule has 1 aromatic carbocycles. The molecule has 2 unspecified atom stereocenters. The van der Waals surface area contributed by atoms with Crippen molar-refractivity contribution in [1.82, 2.24) is 0 Å². The third-order valence-electron chi connectivity index (χ3n) is 3.67. The first-order valence-corrected chi connectivity index (χ1v) is 6.27. The lowest BCUT2D eigenvalue weighted by molar-refractivity contribution is -0.385. The Morgan fingerprint density at radius 1 is 1.58 bits per heavy atom.